The minimum atomic E-state index is -0.439. The van der Waals surface area contributed by atoms with Gasteiger partial charge in [-0.15, -0.1) is 0 Å². The van der Waals surface area contributed by atoms with Crippen LogP contribution in [0.2, 0.25) is 0 Å². The summed E-state index contributed by atoms with van der Waals surface area (Å²) < 4.78 is 7.29. The van der Waals surface area contributed by atoms with Gasteiger partial charge in [0.1, 0.15) is 0 Å². The number of hydrogen-bond acceptors (Lipinski definition) is 3. The third-order valence-corrected chi connectivity index (χ3v) is 3.13. The average molecular weight is 210 g/mol. The lowest BCUT2D eigenvalue weighted by Crippen LogP contribution is -2.21. The molecule has 1 aromatic heterocycles. The van der Waals surface area contributed by atoms with Crippen molar-refractivity contribution >= 4 is 0 Å². The van der Waals surface area contributed by atoms with Crippen LogP contribution < -0.4 is 0 Å². The quantitative estimate of drug-likeness (QED) is 0.817. The maximum absolute atomic E-state index is 10.2. The van der Waals surface area contributed by atoms with Gasteiger partial charge >= 0.3 is 0 Å². The molecule has 4 heteroatoms. The van der Waals surface area contributed by atoms with Gasteiger partial charge in [-0.25, -0.2) is 0 Å². The Bertz CT molecular complexity index is 324. The second-order valence-electron chi connectivity index (χ2n) is 4.16. The number of aromatic nitrogens is 2. The summed E-state index contributed by atoms with van der Waals surface area (Å²) in [5, 5.41) is 14.3. The zero-order chi connectivity index (χ0) is 10.8. The highest BCUT2D eigenvalue weighted by Crippen LogP contribution is 2.34. The Kier molecular flexibility index (Phi) is 3.07. The molecule has 1 aliphatic heterocycles. The topological polar surface area (TPSA) is 47.3 Å². The molecule has 0 aromatic carbocycles. The van der Waals surface area contributed by atoms with Gasteiger partial charge in [-0.1, -0.05) is 6.92 Å². The van der Waals surface area contributed by atoms with E-state index in [4.69, 9.17) is 4.74 Å². The van der Waals surface area contributed by atoms with Gasteiger partial charge in [-0.05, 0) is 12.8 Å². The molecule has 1 N–H and O–H groups in total. The normalized spacial score (nSPS) is 28.2. The van der Waals surface area contributed by atoms with Crippen LogP contribution in [0.15, 0.2) is 12.4 Å². The van der Waals surface area contributed by atoms with Crippen molar-refractivity contribution in [3.63, 3.8) is 0 Å². The van der Waals surface area contributed by atoms with Crippen LogP contribution >= 0.6 is 0 Å². The van der Waals surface area contributed by atoms with E-state index in [1.54, 1.807) is 10.9 Å². The molecule has 84 valence electrons. The second-order valence-corrected chi connectivity index (χ2v) is 4.16. The van der Waals surface area contributed by atoms with E-state index in [1.807, 2.05) is 13.2 Å². The zero-order valence-electron chi connectivity index (χ0n) is 9.26. The van der Waals surface area contributed by atoms with Crippen LogP contribution in [0.5, 0.6) is 0 Å². The van der Waals surface area contributed by atoms with Crippen molar-refractivity contribution in [3.8, 4) is 0 Å². The van der Waals surface area contributed by atoms with Crippen LogP contribution in [0.25, 0.3) is 0 Å². The van der Waals surface area contributed by atoms with Gasteiger partial charge < -0.3 is 9.84 Å². The monoisotopic (exact) mass is 210 g/mol. The molecule has 1 saturated heterocycles. The molecule has 2 heterocycles. The summed E-state index contributed by atoms with van der Waals surface area (Å²) in [6.45, 7) is 2.86. The Morgan fingerprint density at radius 1 is 1.73 bits per heavy atom. The molecule has 4 nitrogen and oxygen atoms in total. The Balaban J connectivity index is 2.10. The van der Waals surface area contributed by atoms with Crippen LogP contribution in [0.1, 0.15) is 31.4 Å². The van der Waals surface area contributed by atoms with Crippen molar-refractivity contribution in [3.05, 3.63) is 18.0 Å². The number of aryl methyl sites for hydroxylation is 1. The highest BCUT2D eigenvalue weighted by molar-refractivity contribution is 5.10. The van der Waals surface area contributed by atoms with E-state index < -0.39 is 6.10 Å². The molecule has 0 saturated carbocycles. The fourth-order valence-electron chi connectivity index (χ4n) is 2.29. The largest absolute Gasteiger partial charge is 0.388 e. The van der Waals surface area contributed by atoms with E-state index in [9.17, 15) is 5.11 Å². The molecule has 0 bridgehead atoms. The van der Waals surface area contributed by atoms with E-state index >= 15 is 0 Å². The lowest BCUT2D eigenvalue weighted by Gasteiger charge is -2.21. The number of nitrogens with zero attached hydrogens (tertiary/aromatic N) is 2. The summed E-state index contributed by atoms with van der Waals surface area (Å²) in [6.07, 6.45) is 5.26. The summed E-state index contributed by atoms with van der Waals surface area (Å²) >= 11 is 0. The fourth-order valence-corrected chi connectivity index (χ4v) is 2.29. The highest BCUT2D eigenvalue weighted by Gasteiger charge is 2.33. The molecule has 3 unspecified atom stereocenters. The van der Waals surface area contributed by atoms with E-state index in [1.165, 1.54) is 0 Å². The summed E-state index contributed by atoms with van der Waals surface area (Å²) in [7, 11) is 1.86. The standard InChI is InChI=1S/C11H18N2O2/c1-3-10-9(4-5-15-10)11(14)8-6-12-13(2)7-8/h6-7,9-11,14H,3-5H2,1-2H3. The maximum Gasteiger partial charge on any atom is 0.0874 e. The van der Waals surface area contributed by atoms with Crippen LogP contribution in [-0.4, -0.2) is 27.6 Å². The lowest BCUT2D eigenvalue weighted by molar-refractivity contribution is 0.0307. The molecule has 0 spiro atoms. The van der Waals surface area contributed by atoms with Crippen LogP contribution in [-0.2, 0) is 11.8 Å². The molecular weight excluding hydrogens is 192 g/mol. The number of rotatable bonds is 3. The number of aliphatic hydroxyl groups excluding tert-OH is 1. The molecular formula is C11H18N2O2. The molecule has 3 atom stereocenters. The minimum absolute atomic E-state index is 0.195. The summed E-state index contributed by atoms with van der Waals surface area (Å²) in [5.41, 5.74) is 0.895. The van der Waals surface area contributed by atoms with Gasteiger partial charge in [-0.3, -0.25) is 4.68 Å². The maximum atomic E-state index is 10.2. The van der Waals surface area contributed by atoms with Crippen molar-refractivity contribution in [2.45, 2.75) is 32.0 Å². The Labute approximate surface area is 89.9 Å². The molecule has 0 amide bonds. The number of ether oxygens (including phenoxy) is 1. The molecule has 1 aromatic rings. The van der Waals surface area contributed by atoms with Crippen molar-refractivity contribution in [2.24, 2.45) is 13.0 Å². The Hall–Kier alpha value is -0.870. The zero-order valence-corrected chi connectivity index (χ0v) is 9.26. The van der Waals surface area contributed by atoms with Crippen molar-refractivity contribution in [1.29, 1.82) is 0 Å². The number of aliphatic hydroxyl groups is 1. The molecule has 1 aliphatic rings. The predicted molar refractivity (Wildman–Crippen MR) is 56.3 cm³/mol. The molecule has 0 aliphatic carbocycles. The summed E-state index contributed by atoms with van der Waals surface area (Å²) in [5.74, 6) is 0.221. The van der Waals surface area contributed by atoms with Crippen LogP contribution in [0, 0.1) is 5.92 Å². The second kappa shape index (κ2) is 4.33. The van der Waals surface area contributed by atoms with Crippen LogP contribution in [0.3, 0.4) is 0 Å². The summed E-state index contributed by atoms with van der Waals surface area (Å²) in [4.78, 5) is 0. The Morgan fingerprint density at radius 3 is 3.13 bits per heavy atom. The van der Waals surface area contributed by atoms with Crippen molar-refractivity contribution < 1.29 is 9.84 Å². The van der Waals surface area contributed by atoms with Gasteiger partial charge in [0.2, 0.25) is 0 Å². The smallest absolute Gasteiger partial charge is 0.0874 e. The van der Waals surface area contributed by atoms with Gasteiger partial charge in [0.15, 0.2) is 0 Å². The molecule has 2 rings (SSSR count). The van der Waals surface area contributed by atoms with E-state index in [2.05, 4.69) is 12.0 Å². The van der Waals surface area contributed by atoms with Crippen molar-refractivity contribution in [2.75, 3.05) is 6.61 Å². The third kappa shape index (κ3) is 2.06. The van der Waals surface area contributed by atoms with E-state index in [0.29, 0.717) is 0 Å². The van der Waals surface area contributed by atoms with E-state index in [-0.39, 0.29) is 12.0 Å². The predicted octanol–water partition coefficient (Wildman–Crippen LogP) is 1.27. The summed E-state index contributed by atoms with van der Waals surface area (Å²) in [6, 6.07) is 0. The minimum Gasteiger partial charge on any atom is -0.388 e. The van der Waals surface area contributed by atoms with Gasteiger partial charge in [0.25, 0.3) is 0 Å². The first-order valence-electron chi connectivity index (χ1n) is 5.50. The van der Waals surface area contributed by atoms with Gasteiger partial charge in [0.05, 0.1) is 18.4 Å². The first kappa shape index (κ1) is 10.6. The van der Waals surface area contributed by atoms with Crippen LogP contribution in [0.4, 0.5) is 0 Å². The lowest BCUT2D eigenvalue weighted by atomic mass is 9.90. The van der Waals surface area contributed by atoms with Crippen molar-refractivity contribution in [1.82, 2.24) is 9.78 Å². The third-order valence-electron chi connectivity index (χ3n) is 3.13. The van der Waals surface area contributed by atoms with Gasteiger partial charge in [-0.2, -0.15) is 5.10 Å². The average Bonchev–Trinajstić information content (AvgIpc) is 2.84. The number of hydrogen-bond donors (Lipinski definition) is 1. The SMILES string of the molecule is CCC1OCCC1C(O)c1cnn(C)c1. The first-order valence-corrected chi connectivity index (χ1v) is 5.50. The molecule has 1 fully saturated rings. The van der Waals surface area contributed by atoms with E-state index in [0.717, 1.165) is 25.0 Å². The fraction of sp³-hybridized carbons (Fsp3) is 0.727. The van der Waals surface area contributed by atoms with Gasteiger partial charge in [0, 0.05) is 31.3 Å². The first-order chi connectivity index (χ1) is 7.22. The molecule has 15 heavy (non-hydrogen) atoms. The highest BCUT2D eigenvalue weighted by atomic mass is 16.5. The Morgan fingerprint density at radius 2 is 2.53 bits per heavy atom. The molecule has 0 radical (unpaired) electrons.